The summed E-state index contributed by atoms with van der Waals surface area (Å²) in [4.78, 5) is 20.1. The fraction of sp³-hybridized carbons (Fsp3) is 0.850. The van der Waals surface area contributed by atoms with Crippen molar-refractivity contribution in [1.29, 1.82) is 0 Å². The molecule has 4 heteroatoms. The van der Waals surface area contributed by atoms with E-state index < -0.39 is 0 Å². The van der Waals surface area contributed by atoms with Crippen LogP contribution in [0.4, 0.5) is 0 Å². The maximum atomic E-state index is 10.2. The molecule has 0 rings (SSSR count). The third-order valence-electron chi connectivity index (χ3n) is 4.32. The maximum absolute atomic E-state index is 10.2. The number of rotatable bonds is 19. The largest absolute Gasteiger partial charge is 0.303 e. The van der Waals surface area contributed by atoms with Crippen LogP contribution in [0.15, 0.2) is 12.2 Å². The number of nitro groups is 1. The van der Waals surface area contributed by atoms with Crippen LogP contribution >= 0.6 is 0 Å². The van der Waals surface area contributed by atoms with Crippen molar-refractivity contribution in [3.63, 3.8) is 0 Å². The van der Waals surface area contributed by atoms with Crippen molar-refractivity contribution in [2.24, 2.45) is 0 Å². The molecule has 0 fully saturated rings. The quantitative estimate of drug-likeness (QED) is 0.0917. The first-order valence-electron chi connectivity index (χ1n) is 9.98. The van der Waals surface area contributed by atoms with Crippen LogP contribution in [0.1, 0.15) is 103 Å². The molecule has 0 aromatic carbocycles. The summed E-state index contributed by atoms with van der Waals surface area (Å²) in [6, 6.07) is 0. The average molecular weight is 340 g/mol. The highest BCUT2D eigenvalue weighted by molar-refractivity contribution is 5.48. The van der Waals surface area contributed by atoms with Crippen molar-refractivity contribution in [3.05, 3.63) is 22.3 Å². The molecule has 0 radical (unpaired) electrons. The van der Waals surface area contributed by atoms with Gasteiger partial charge < -0.3 is 4.79 Å². The van der Waals surface area contributed by atoms with Gasteiger partial charge in [0.05, 0.1) is 0 Å². The number of hydrogen-bond donors (Lipinski definition) is 0. The van der Waals surface area contributed by atoms with Crippen molar-refractivity contribution >= 4 is 6.29 Å². The number of unbranched alkanes of at least 4 members (excludes halogenated alkanes) is 14. The molecule has 0 unspecified atom stereocenters. The molecule has 0 bridgehead atoms. The number of nitrogens with zero attached hydrogens (tertiary/aromatic N) is 1. The van der Waals surface area contributed by atoms with Gasteiger partial charge >= 0.3 is 0 Å². The van der Waals surface area contributed by atoms with Crippen LogP contribution in [0.3, 0.4) is 0 Å². The summed E-state index contributed by atoms with van der Waals surface area (Å²) in [5.74, 6) is 0. The molecule has 0 spiro atoms. The van der Waals surface area contributed by atoms with Gasteiger partial charge in [0.1, 0.15) is 6.29 Å². The Balaban J connectivity index is 3.08. The Morgan fingerprint density at radius 3 is 1.38 bits per heavy atom. The lowest BCUT2D eigenvalue weighted by atomic mass is 10.1. The van der Waals surface area contributed by atoms with E-state index in [1.165, 1.54) is 70.6 Å². The van der Waals surface area contributed by atoms with Gasteiger partial charge in [-0.05, 0) is 38.5 Å². The number of carbonyl (C=O) groups excluding carboxylic acids is 1. The predicted molar refractivity (Wildman–Crippen MR) is 101 cm³/mol. The molecule has 140 valence electrons. The molecular formula is C20H37NO3. The first-order chi connectivity index (χ1) is 11.8. The molecule has 0 saturated heterocycles. The lowest BCUT2D eigenvalue weighted by Gasteiger charge is -2.00. The molecular weight excluding hydrogens is 302 g/mol. The maximum Gasteiger partial charge on any atom is 0.203 e. The molecule has 0 heterocycles. The first kappa shape index (κ1) is 22.8. The third kappa shape index (κ3) is 20.8. The number of carbonyl (C=O) groups is 1. The van der Waals surface area contributed by atoms with Crippen LogP contribution in [0.2, 0.25) is 0 Å². The van der Waals surface area contributed by atoms with Gasteiger partial charge in [0, 0.05) is 17.8 Å². The molecule has 0 atom stereocenters. The van der Waals surface area contributed by atoms with Crippen LogP contribution in [0, 0.1) is 10.1 Å². The Labute approximate surface area is 148 Å². The predicted octanol–water partition coefficient (Wildman–Crippen LogP) is 6.26. The highest BCUT2D eigenvalue weighted by atomic mass is 16.6. The highest BCUT2D eigenvalue weighted by Crippen LogP contribution is 2.11. The van der Waals surface area contributed by atoms with Crippen LogP contribution in [-0.4, -0.2) is 17.8 Å². The molecule has 0 aliphatic heterocycles. The minimum Gasteiger partial charge on any atom is -0.303 e. The molecule has 0 aliphatic carbocycles. The summed E-state index contributed by atoms with van der Waals surface area (Å²) >= 11 is 0. The Hall–Kier alpha value is -1.19. The standard InChI is InChI=1S/C20H37NO3/c22-20-18-16-14-12-10-8-6-4-2-1-3-5-7-9-11-13-15-17-19-21(23)24/h2,4,20H,1,3,5-19H2/b4-2-. The van der Waals surface area contributed by atoms with E-state index in [0.717, 1.165) is 38.4 Å². The summed E-state index contributed by atoms with van der Waals surface area (Å²) < 4.78 is 0. The minimum absolute atomic E-state index is 0.131. The summed E-state index contributed by atoms with van der Waals surface area (Å²) in [5, 5.41) is 10.2. The summed E-state index contributed by atoms with van der Waals surface area (Å²) in [6.45, 7) is 0.131. The average Bonchev–Trinajstić information content (AvgIpc) is 2.56. The number of hydrogen-bond acceptors (Lipinski definition) is 3. The van der Waals surface area contributed by atoms with Crippen molar-refractivity contribution in [1.82, 2.24) is 0 Å². The third-order valence-corrected chi connectivity index (χ3v) is 4.32. The summed E-state index contributed by atoms with van der Waals surface area (Å²) in [7, 11) is 0. The van der Waals surface area contributed by atoms with Crippen LogP contribution in [-0.2, 0) is 4.79 Å². The molecule has 0 aromatic heterocycles. The van der Waals surface area contributed by atoms with E-state index in [4.69, 9.17) is 0 Å². The summed E-state index contributed by atoms with van der Waals surface area (Å²) in [5.41, 5.74) is 0. The van der Waals surface area contributed by atoms with Gasteiger partial charge in [-0.15, -0.1) is 0 Å². The van der Waals surface area contributed by atoms with Crippen molar-refractivity contribution in [2.45, 2.75) is 103 Å². The Kier molecular flexibility index (Phi) is 18.9. The lowest BCUT2D eigenvalue weighted by Crippen LogP contribution is -1.99. The van der Waals surface area contributed by atoms with E-state index in [1.807, 2.05) is 0 Å². The van der Waals surface area contributed by atoms with Crippen LogP contribution in [0.25, 0.3) is 0 Å². The van der Waals surface area contributed by atoms with E-state index in [1.54, 1.807) is 0 Å². The topological polar surface area (TPSA) is 60.2 Å². The van der Waals surface area contributed by atoms with E-state index in [2.05, 4.69) is 12.2 Å². The van der Waals surface area contributed by atoms with Gasteiger partial charge in [-0.25, -0.2) is 0 Å². The second-order valence-electron chi connectivity index (χ2n) is 6.66. The Morgan fingerprint density at radius 2 is 0.958 bits per heavy atom. The minimum atomic E-state index is -0.219. The van der Waals surface area contributed by atoms with Crippen molar-refractivity contribution in [3.8, 4) is 0 Å². The molecule has 0 saturated carbocycles. The van der Waals surface area contributed by atoms with Gasteiger partial charge in [-0.1, -0.05) is 63.5 Å². The van der Waals surface area contributed by atoms with E-state index in [9.17, 15) is 14.9 Å². The molecule has 0 aliphatic rings. The molecule has 4 nitrogen and oxygen atoms in total. The van der Waals surface area contributed by atoms with Gasteiger partial charge in [0.15, 0.2) is 0 Å². The van der Waals surface area contributed by atoms with Crippen molar-refractivity contribution < 1.29 is 9.72 Å². The number of aldehydes is 1. The normalized spacial score (nSPS) is 11.2. The number of allylic oxidation sites excluding steroid dienone is 2. The van der Waals surface area contributed by atoms with Crippen molar-refractivity contribution in [2.75, 3.05) is 6.54 Å². The van der Waals surface area contributed by atoms with Gasteiger partial charge in [0.2, 0.25) is 6.54 Å². The second kappa shape index (κ2) is 19.9. The fourth-order valence-corrected chi connectivity index (χ4v) is 2.82. The van der Waals surface area contributed by atoms with E-state index >= 15 is 0 Å². The monoisotopic (exact) mass is 339 g/mol. The summed E-state index contributed by atoms with van der Waals surface area (Å²) in [6.07, 6.45) is 24.1. The van der Waals surface area contributed by atoms with Gasteiger partial charge in [-0.3, -0.25) is 10.1 Å². The highest BCUT2D eigenvalue weighted by Gasteiger charge is 1.96. The second-order valence-corrected chi connectivity index (χ2v) is 6.66. The lowest BCUT2D eigenvalue weighted by molar-refractivity contribution is -0.480. The van der Waals surface area contributed by atoms with Gasteiger partial charge in [0.25, 0.3) is 0 Å². The van der Waals surface area contributed by atoms with Crippen LogP contribution in [0.5, 0.6) is 0 Å². The van der Waals surface area contributed by atoms with E-state index in [0.29, 0.717) is 0 Å². The zero-order chi connectivity index (χ0) is 17.7. The Bertz CT molecular complexity index is 316. The molecule has 0 amide bonds. The van der Waals surface area contributed by atoms with Crippen LogP contribution < -0.4 is 0 Å². The van der Waals surface area contributed by atoms with Gasteiger partial charge in [-0.2, -0.15) is 0 Å². The first-order valence-corrected chi connectivity index (χ1v) is 9.98. The fourth-order valence-electron chi connectivity index (χ4n) is 2.82. The Morgan fingerprint density at radius 1 is 0.583 bits per heavy atom. The SMILES string of the molecule is O=CCCCCCCC/C=C\CCCCCCCCCC[N+](=O)[O-]. The molecule has 0 N–H and O–H groups in total. The zero-order valence-corrected chi connectivity index (χ0v) is 15.4. The zero-order valence-electron chi connectivity index (χ0n) is 15.4. The molecule has 24 heavy (non-hydrogen) atoms. The van der Waals surface area contributed by atoms with E-state index in [-0.39, 0.29) is 11.5 Å². The molecule has 0 aromatic rings. The smallest absolute Gasteiger partial charge is 0.203 e.